The summed E-state index contributed by atoms with van der Waals surface area (Å²) in [6, 6.07) is 9.22. The minimum Gasteiger partial charge on any atom is -0.464 e. The maximum absolute atomic E-state index is 12.2. The molecule has 0 amide bonds. The highest BCUT2D eigenvalue weighted by Gasteiger charge is 2.36. The Hall–Kier alpha value is -2.11. The van der Waals surface area contributed by atoms with Crippen molar-refractivity contribution in [3.63, 3.8) is 0 Å². The topological polar surface area (TPSA) is 62.1 Å². The van der Waals surface area contributed by atoms with E-state index in [-0.39, 0.29) is 5.56 Å². The Morgan fingerprint density at radius 1 is 1.32 bits per heavy atom. The van der Waals surface area contributed by atoms with E-state index in [0.29, 0.717) is 40.8 Å². The quantitative estimate of drug-likeness (QED) is 0.751. The average molecular weight is 358 g/mol. The van der Waals surface area contributed by atoms with Gasteiger partial charge in [-0.1, -0.05) is 18.5 Å². The second-order valence-electron chi connectivity index (χ2n) is 6.97. The highest BCUT2D eigenvalue weighted by molar-refractivity contribution is 6.31. The predicted molar refractivity (Wildman–Crippen MR) is 97.8 cm³/mol. The molecule has 0 saturated heterocycles. The summed E-state index contributed by atoms with van der Waals surface area (Å²) in [6.07, 6.45) is 1.22. The number of benzene rings is 1. The smallest absolute Gasteiger partial charge is 0.258 e. The predicted octanol–water partition coefficient (Wildman–Crippen LogP) is 3.92. The number of halogens is 1. The molecule has 0 unspecified atom stereocenters. The molecule has 0 radical (unpaired) electrons. The number of H-pyrrole nitrogens is 1. The maximum atomic E-state index is 12.2. The highest BCUT2D eigenvalue weighted by atomic mass is 35.5. The number of hydrogen-bond acceptors (Lipinski definition) is 4. The average Bonchev–Trinajstić information content (AvgIpc) is 3.09. The van der Waals surface area contributed by atoms with Gasteiger partial charge in [-0.3, -0.25) is 9.69 Å². The van der Waals surface area contributed by atoms with Crippen LogP contribution in [0, 0.1) is 5.92 Å². The minimum atomic E-state index is -0.145. The van der Waals surface area contributed by atoms with E-state index in [1.54, 1.807) is 18.2 Å². The van der Waals surface area contributed by atoms with Gasteiger partial charge in [0.15, 0.2) is 0 Å². The van der Waals surface area contributed by atoms with Crippen LogP contribution in [0.2, 0.25) is 5.02 Å². The van der Waals surface area contributed by atoms with E-state index >= 15 is 0 Å². The molecular weight excluding hydrogens is 338 g/mol. The molecular formula is C19H20ClN3O2. The number of aromatic amines is 1. The Morgan fingerprint density at radius 2 is 2.12 bits per heavy atom. The number of fused-ring (bicyclic) bond motifs is 1. The van der Waals surface area contributed by atoms with Gasteiger partial charge in [0, 0.05) is 10.9 Å². The van der Waals surface area contributed by atoms with Crippen molar-refractivity contribution in [2.75, 3.05) is 7.05 Å². The second-order valence-corrected chi connectivity index (χ2v) is 7.41. The number of aromatic nitrogens is 2. The number of rotatable bonds is 5. The fraction of sp³-hybridized carbons (Fsp3) is 0.368. The van der Waals surface area contributed by atoms with Crippen LogP contribution in [0.4, 0.5) is 0 Å². The summed E-state index contributed by atoms with van der Waals surface area (Å²) in [5.41, 5.74) is 0.468. The SMILES string of the molecule is C[C@@H]1C[C@@H]1c1ccc(CN(C)Cc2nc3cc(Cl)ccc3c(=O)[nH]2)o1. The minimum absolute atomic E-state index is 0.145. The Kier molecular flexibility index (Phi) is 4.13. The van der Waals surface area contributed by atoms with Crippen molar-refractivity contribution in [2.24, 2.45) is 5.92 Å². The first kappa shape index (κ1) is 16.4. The van der Waals surface area contributed by atoms with E-state index < -0.39 is 0 Å². The van der Waals surface area contributed by atoms with Crippen LogP contribution >= 0.6 is 11.6 Å². The molecule has 1 N–H and O–H groups in total. The molecule has 25 heavy (non-hydrogen) atoms. The molecule has 5 nitrogen and oxygen atoms in total. The van der Waals surface area contributed by atoms with Gasteiger partial charge in [0.1, 0.15) is 17.3 Å². The summed E-state index contributed by atoms with van der Waals surface area (Å²) in [5, 5.41) is 1.12. The molecule has 0 aliphatic heterocycles. The Balaban J connectivity index is 1.48. The van der Waals surface area contributed by atoms with Crippen LogP contribution in [0.25, 0.3) is 10.9 Å². The van der Waals surface area contributed by atoms with Gasteiger partial charge in [0.25, 0.3) is 5.56 Å². The van der Waals surface area contributed by atoms with Gasteiger partial charge >= 0.3 is 0 Å². The zero-order valence-electron chi connectivity index (χ0n) is 14.3. The standard InChI is InChI=1S/C19H20ClN3O2/c1-11-7-15(11)17-6-4-13(25-17)9-23(2)10-18-21-16-8-12(20)3-5-14(16)19(24)22-18/h3-6,8,11,15H,7,9-10H2,1-2H3,(H,21,22,24)/t11-,15+/m1/s1. The van der Waals surface area contributed by atoms with Crippen molar-refractivity contribution in [3.05, 3.63) is 63.1 Å². The normalized spacial score (nSPS) is 19.7. The molecule has 4 rings (SSSR count). The molecule has 1 aliphatic rings. The summed E-state index contributed by atoms with van der Waals surface area (Å²) in [4.78, 5) is 21.6. The first-order valence-electron chi connectivity index (χ1n) is 8.45. The van der Waals surface area contributed by atoms with E-state index in [4.69, 9.17) is 16.0 Å². The second kappa shape index (κ2) is 6.32. The van der Waals surface area contributed by atoms with E-state index in [1.807, 2.05) is 13.1 Å². The molecule has 130 valence electrons. The lowest BCUT2D eigenvalue weighted by Gasteiger charge is -2.14. The van der Waals surface area contributed by atoms with Crippen molar-refractivity contribution in [3.8, 4) is 0 Å². The van der Waals surface area contributed by atoms with Crippen molar-refractivity contribution in [2.45, 2.75) is 32.4 Å². The molecule has 1 fully saturated rings. The lowest BCUT2D eigenvalue weighted by atomic mass is 10.2. The summed E-state index contributed by atoms with van der Waals surface area (Å²) >= 11 is 6.00. The molecule has 2 aromatic heterocycles. The van der Waals surface area contributed by atoms with Crippen LogP contribution in [0.15, 0.2) is 39.5 Å². The molecule has 0 spiro atoms. The van der Waals surface area contributed by atoms with Crippen LogP contribution in [0.1, 0.15) is 36.6 Å². The first-order valence-corrected chi connectivity index (χ1v) is 8.83. The summed E-state index contributed by atoms with van der Waals surface area (Å²) in [6.45, 7) is 3.43. The molecule has 1 saturated carbocycles. The number of furan rings is 1. The van der Waals surface area contributed by atoms with Crippen molar-refractivity contribution in [1.29, 1.82) is 0 Å². The highest BCUT2D eigenvalue weighted by Crippen LogP contribution is 2.47. The van der Waals surface area contributed by atoms with Crippen molar-refractivity contribution >= 4 is 22.5 Å². The van der Waals surface area contributed by atoms with E-state index in [2.05, 4.69) is 27.9 Å². The Morgan fingerprint density at radius 3 is 2.88 bits per heavy atom. The van der Waals surface area contributed by atoms with Gasteiger partial charge in [-0.25, -0.2) is 4.98 Å². The summed E-state index contributed by atoms with van der Waals surface area (Å²) in [7, 11) is 1.98. The summed E-state index contributed by atoms with van der Waals surface area (Å²) < 4.78 is 5.94. The maximum Gasteiger partial charge on any atom is 0.258 e. The van der Waals surface area contributed by atoms with E-state index in [0.717, 1.165) is 17.4 Å². The molecule has 1 aliphatic carbocycles. The third-order valence-corrected chi connectivity index (χ3v) is 4.96. The fourth-order valence-corrected chi connectivity index (χ4v) is 3.38. The third kappa shape index (κ3) is 3.48. The van der Waals surface area contributed by atoms with E-state index in [9.17, 15) is 4.79 Å². The molecule has 2 heterocycles. The molecule has 6 heteroatoms. The fourth-order valence-electron chi connectivity index (χ4n) is 3.21. The van der Waals surface area contributed by atoms with Crippen LogP contribution in [-0.2, 0) is 13.1 Å². The Labute approximate surface area is 150 Å². The molecule has 3 aromatic rings. The van der Waals surface area contributed by atoms with Crippen molar-refractivity contribution in [1.82, 2.24) is 14.9 Å². The van der Waals surface area contributed by atoms with Crippen LogP contribution in [0.3, 0.4) is 0 Å². The van der Waals surface area contributed by atoms with Crippen LogP contribution < -0.4 is 5.56 Å². The number of nitrogens with one attached hydrogen (secondary N) is 1. The molecule has 0 bridgehead atoms. The van der Waals surface area contributed by atoms with Crippen LogP contribution in [0.5, 0.6) is 0 Å². The van der Waals surface area contributed by atoms with Gasteiger partial charge < -0.3 is 9.40 Å². The monoisotopic (exact) mass is 357 g/mol. The van der Waals surface area contributed by atoms with E-state index in [1.165, 1.54) is 6.42 Å². The van der Waals surface area contributed by atoms with Gasteiger partial charge in [-0.15, -0.1) is 0 Å². The largest absolute Gasteiger partial charge is 0.464 e. The van der Waals surface area contributed by atoms with Gasteiger partial charge in [0.2, 0.25) is 0 Å². The first-order chi connectivity index (χ1) is 12.0. The van der Waals surface area contributed by atoms with Gasteiger partial charge in [0.05, 0.1) is 24.0 Å². The lowest BCUT2D eigenvalue weighted by molar-refractivity contribution is 0.277. The number of nitrogens with zero attached hydrogens (tertiary/aromatic N) is 2. The van der Waals surface area contributed by atoms with Crippen molar-refractivity contribution < 1.29 is 4.42 Å². The van der Waals surface area contributed by atoms with Gasteiger partial charge in [-0.05, 0) is 49.7 Å². The van der Waals surface area contributed by atoms with Gasteiger partial charge in [-0.2, -0.15) is 0 Å². The number of hydrogen-bond donors (Lipinski definition) is 1. The Bertz CT molecular complexity index is 978. The molecule has 2 atom stereocenters. The molecule has 1 aromatic carbocycles. The lowest BCUT2D eigenvalue weighted by Crippen LogP contribution is -2.21. The third-order valence-electron chi connectivity index (χ3n) is 4.72. The zero-order valence-corrected chi connectivity index (χ0v) is 15.0. The van der Waals surface area contributed by atoms with Crippen LogP contribution in [-0.4, -0.2) is 21.9 Å². The zero-order chi connectivity index (χ0) is 17.6. The summed E-state index contributed by atoms with van der Waals surface area (Å²) in [5.74, 6) is 3.95.